The summed E-state index contributed by atoms with van der Waals surface area (Å²) in [5.41, 5.74) is 0. The van der Waals surface area contributed by atoms with E-state index in [1.807, 2.05) is 33.8 Å². The van der Waals surface area contributed by atoms with Crippen molar-refractivity contribution in [3.63, 3.8) is 0 Å². The molecule has 1 aromatic heterocycles. The summed E-state index contributed by atoms with van der Waals surface area (Å²) in [4.78, 5) is 13.3. The molecule has 0 radical (unpaired) electrons. The van der Waals surface area contributed by atoms with Crippen LogP contribution >= 0.6 is 0 Å². The molecule has 0 spiro atoms. The van der Waals surface area contributed by atoms with Gasteiger partial charge in [0, 0.05) is 45.1 Å². The highest BCUT2D eigenvalue weighted by molar-refractivity contribution is 5.29. The Kier molecular flexibility index (Phi) is 6.12. The van der Waals surface area contributed by atoms with E-state index >= 15 is 0 Å². The lowest BCUT2D eigenvalue weighted by atomic mass is 10.1. The van der Waals surface area contributed by atoms with E-state index < -0.39 is 17.9 Å². The van der Waals surface area contributed by atoms with Crippen LogP contribution in [0.4, 0.5) is 5.95 Å². The summed E-state index contributed by atoms with van der Waals surface area (Å²) in [7, 11) is 0. The molecule has 0 aromatic carbocycles. The summed E-state index contributed by atoms with van der Waals surface area (Å²) in [5, 5.41) is 0. The van der Waals surface area contributed by atoms with E-state index in [9.17, 15) is 0 Å². The zero-order valence-electron chi connectivity index (χ0n) is 19.3. The molecule has 10 heteroatoms. The third-order valence-corrected chi connectivity index (χ3v) is 6.34. The fraction of sp³-hybridized carbons (Fsp3) is 0.818. The minimum atomic E-state index is -0.677. The van der Waals surface area contributed by atoms with E-state index in [1.165, 1.54) is 0 Å². The maximum atomic E-state index is 6.24. The Balaban J connectivity index is 1.12. The number of anilines is 1. The zero-order valence-corrected chi connectivity index (χ0v) is 19.3. The van der Waals surface area contributed by atoms with Crippen molar-refractivity contribution in [1.82, 2.24) is 14.9 Å². The van der Waals surface area contributed by atoms with Crippen LogP contribution in [0.15, 0.2) is 18.5 Å². The molecule has 5 atom stereocenters. The van der Waals surface area contributed by atoms with Gasteiger partial charge in [-0.2, -0.15) is 0 Å². The molecule has 0 saturated carbocycles. The summed E-state index contributed by atoms with van der Waals surface area (Å²) in [6, 6.07) is 1.84. The van der Waals surface area contributed by atoms with Gasteiger partial charge in [-0.15, -0.1) is 0 Å². The van der Waals surface area contributed by atoms with Crippen molar-refractivity contribution < 1.29 is 28.4 Å². The van der Waals surface area contributed by atoms with E-state index in [0.717, 1.165) is 38.7 Å². The van der Waals surface area contributed by atoms with Gasteiger partial charge in [-0.1, -0.05) is 0 Å². The molecule has 4 saturated heterocycles. The first kappa shape index (κ1) is 22.4. The SMILES string of the molecule is CC1(C)OCC([C@H]2O[C@H](OCCN3CCN(c4ncccn4)CC3)[C@H]3OC(C)(C)O[C@H]32)O1. The summed E-state index contributed by atoms with van der Waals surface area (Å²) in [6.07, 6.45) is 2.05. The van der Waals surface area contributed by atoms with Gasteiger partial charge >= 0.3 is 0 Å². The minimum Gasteiger partial charge on any atom is -0.349 e. The van der Waals surface area contributed by atoms with Crippen LogP contribution in [0.2, 0.25) is 0 Å². The Bertz CT molecular complexity index is 773. The fourth-order valence-electron chi connectivity index (χ4n) is 4.83. The maximum Gasteiger partial charge on any atom is 0.225 e. The quantitative estimate of drug-likeness (QED) is 0.626. The molecular formula is C22H34N4O6. The van der Waals surface area contributed by atoms with Crippen LogP contribution in [0.3, 0.4) is 0 Å². The van der Waals surface area contributed by atoms with Gasteiger partial charge in [-0.05, 0) is 33.8 Å². The van der Waals surface area contributed by atoms with E-state index in [0.29, 0.717) is 13.2 Å². The van der Waals surface area contributed by atoms with Crippen LogP contribution in [0.1, 0.15) is 27.7 Å². The lowest BCUT2D eigenvalue weighted by Crippen LogP contribution is -2.48. The standard InChI is InChI=1S/C22H34N4O6/c1-21(2)28-14-15(30-21)16-17-18(32-22(3,4)31-17)19(29-16)27-13-12-25-8-10-26(11-9-25)20-23-6-5-7-24-20/h5-7,15-19H,8-14H2,1-4H3/t15?,16-,17+,18+,19+/m1/s1. The van der Waals surface area contributed by atoms with Gasteiger partial charge in [-0.3, -0.25) is 4.90 Å². The van der Waals surface area contributed by atoms with Crippen LogP contribution in [-0.4, -0.2) is 103 Å². The van der Waals surface area contributed by atoms with Crippen molar-refractivity contribution in [2.24, 2.45) is 0 Å². The monoisotopic (exact) mass is 450 g/mol. The molecule has 5 rings (SSSR count). The lowest BCUT2D eigenvalue weighted by molar-refractivity contribution is -0.247. The second-order valence-corrected chi connectivity index (χ2v) is 9.65. The lowest BCUT2D eigenvalue weighted by Gasteiger charge is -2.34. The Hall–Kier alpha value is -1.40. The molecule has 32 heavy (non-hydrogen) atoms. The number of ether oxygens (including phenoxy) is 6. The molecule has 1 unspecified atom stereocenters. The molecule has 4 aliphatic heterocycles. The van der Waals surface area contributed by atoms with Crippen molar-refractivity contribution in [3.8, 4) is 0 Å². The van der Waals surface area contributed by atoms with Crippen LogP contribution < -0.4 is 4.90 Å². The van der Waals surface area contributed by atoms with E-state index in [1.54, 1.807) is 12.4 Å². The van der Waals surface area contributed by atoms with E-state index in [4.69, 9.17) is 28.4 Å². The van der Waals surface area contributed by atoms with Gasteiger partial charge < -0.3 is 33.3 Å². The summed E-state index contributed by atoms with van der Waals surface area (Å²) in [6.45, 7) is 13.2. The Morgan fingerprint density at radius 2 is 1.66 bits per heavy atom. The average Bonchev–Trinajstić information content (AvgIpc) is 3.39. The van der Waals surface area contributed by atoms with Gasteiger partial charge in [0.2, 0.25) is 5.95 Å². The minimum absolute atomic E-state index is 0.211. The van der Waals surface area contributed by atoms with Gasteiger partial charge in [0.1, 0.15) is 24.4 Å². The van der Waals surface area contributed by atoms with Crippen molar-refractivity contribution in [2.75, 3.05) is 50.8 Å². The number of fused-ring (bicyclic) bond motifs is 1. The topological polar surface area (TPSA) is 87.6 Å². The van der Waals surface area contributed by atoms with Crippen molar-refractivity contribution in [1.29, 1.82) is 0 Å². The first-order valence-electron chi connectivity index (χ1n) is 11.5. The molecule has 0 N–H and O–H groups in total. The molecule has 4 aliphatic rings. The van der Waals surface area contributed by atoms with Crippen LogP contribution in [0, 0.1) is 0 Å². The van der Waals surface area contributed by atoms with E-state index in [2.05, 4.69) is 19.8 Å². The van der Waals surface area contributed by atoms with Crippen LogP contribution in [0.25, 0.3) is 0 Å². The van der Waals surface area contributed by atoms with Gasteiger partial charge in [0.25, 0.3) is 0 Å². The number of piperazine rings is 1. The largest absolute Gasteiger partial charge is 0.349 e. The zero-order chi connectivity index (χ0) is 22.3. The highest BCUT2D eigenvalue weighted by atomic mass is 16.8. The third-order valence-electron chi connectivity index (χ3n) is 6.34. The highest BCUT2D eigenvalue weighted by Gasteiger charge is 2.59. The molecule has 0 bridgehead atoms. The van der Waals surface area contributed by atoms with Crippen LogP contribution in [0.5, 0.6) is 0 Å². The average molecular weight is 451 g/mol. The molecule has 178 valence electrons. The predicted molar refractivity (Wildman–Crippen MR) is 114 cm³/mol. The summed E-state index contributed by atoms with van der Waals surface area (Å²) >= 11 is 0. The Labute approximate surface area is 189 Å². The Morgan fingerprint density at radius 1 is 0.938 bits per heavy atom. The van der Waals surface area contributed by atoms with Gasteiger partial charge in [0.05, 0.1) is 13.2 Å². The van der Waals surface area contributed by atoms with Crippen LogP contribution in [-0.2, 0) is 28.4 Å². The highest BCUT2D eigenvalue weighted by Crippen LogP contribution is 2.42. The van der Waals surface area contributed by atoms with E-state index in [-0.39, 0.29) is 24.4 Å². The first-order valence-corrected chi connectivity index (χ1v) is 11.5. The summed E-state index contributed by atoms with van der Waals surface area (Å²) in [5.74, 6) is -0.504. The fourth-order valence-corrected chi connectivity index (χ4v) is 4.83. The number of hydrogen-bond acceptors (Lipinski definition) is 10. The second kappa shape index (κ2) is 8.75. The van der Waals surface area contributed by atoms with Crippen molar-refractivity contribution in [3.05, 3.63) is 18.5 Å². The van der Waals surface area contributed by atoms with Crippen molar-refractivity contribution in [2.45, 2.75) is 70.0 Å². The molecule has 0 amide bonds. The Morgan fingerprint density at radius 3 is 2.34 bits per heavy atom. The molecular weight excluding hydrogens is 416 g/mol. The summed E-state index contributed by atoms with van der Waals surface area (Å²) < 4.78 is 36.5. The predicted octanol–water partition coefficient (Wildman–Crippen LogP) is 1.01. The van der Waals surface area contributed by atoms with Gasteiger partial charge in [0.15, 0.2) is 17.9 Å². The van der Waals surface area contributed by atoms with Crippen molar-refractivity contribution >= 4 is 5.95 Å². The number of aromatic nitrogens is 2. The second-order valence-electron chi connectivity index (χ2n) is 9.65. The molecule has 4 fully saturated rings. The molecule has 0 aliphatic carbocycles. The number of hydrogen-bond donors (Lipinski definition) is 0. The molecule has 1 aromatic rings. The first-order chi connectivity index (χ1) is 15.3. The maximum absolute atomic E-state index is 6.24. The third kappa shape index (κ3) is 4.77. The number of nitrogens with zero attached hydrogens (tertiary/aromatic N) is 4. The van der Waals surface area contributed by atoms with Gasteiger partial charge in [-0.25, -0.2) is 9.97 Å². The number of rotatable bonds is 6. The molecule has 10 nitrogen and oxygen atoms in total. The normalized spacial score (nSPS) is 36.5. The molecule has 5 heterocycles. The smallest absolute Gasteiger partial charge is 0.225 e.